The number of halogens is 1. The normalized spacial score (nSPS) is 10.1. The monoisotopic (exact) mass is 409 g/mol. The average Bonchev–Trinajstić information content (AvgIpc) is 2.73. The Kier molecular flexibility index (Phi) is 7.08. The highest BCUT2D eigenvalue weighted by atomic mass is 35.5. The van der Waals surface area contributed by atoms with Crippen LogP contribution in [0.2, 0.25) is 5.02 Å². The molecule has 6 nitrogen and oxygen atoms in total. The highest BCUT2D eigenvalue weighted by molar-refractivity contribution is 6.31. The minimum atomic E-state index is -0.371. The first-order chi connectivity index (χ1) is 14.1. The Hall–Kier alpha value is -3.51. The van der Waals surface area contributed by atoms with E-state index in [1.807, 2.05) is 36.4 Å². The molecule has 0 saturated carbocycles. The van der Waals surface area contributed by atoms with Crippen molar-refractivity contribution in [2.45, 2.75) is 6.54 Å². The zero-order valence-corrected chi connectivity index (χ0v) is 16.3. The smallest absolute Gasteiger partial charge is 0.319 e. The molecular weight excluding hydrogens is 390 g/mol. The van der Waals surface area contributed by atoms with Crippen molar-refractivity contribution >= 4 is 34.9 Å². The molecule has 0 saturated heterocycles. The molecular formula is C22H20ClN3O3. The number of urea groups is 1. The predicted octanol–water partition coefficient (Wildman–Crippen LogP) is 4.68. The second kappa shape index (κ2) is 10.1. The van der Waals surface area contributed by atoms with Gasteiger partial charge in [0.1, 0.15) is 5.75 Å². The van der Waals surface area contributed by atoms with Gasteiger partial charge in [0.15, 0.2) is 6.61 Å². The van der Waals surface area contributed by atoms with Gasteiger partial charge in [0.2, 0.25) is 0 Å². The topological polar surface area (TPSA) is 79.5 Å². The molecule has 29 heavy (non-hydrogen) atoms. The minimum Gasteiger partial charge on any atom is -0.484 e. The fourth-order valence-electron chi connectivity index (χ4n) is 2.52. The zero-order valence-electron chi connectivity index (χ0n) is 15.5. The number of hydrogen-bond acceptors (Lipinski definition) is 3. The molecule has 0 radical (unpaired) electrons. The first kappa shape index (κ1) is 20.2. The van der Waals surface area contributed by atoms with Crippen molar-refractivity contribution < 1.29 is 14.3 Å². The van der Waals surface area contributed by atoms with Gasteiger partial charge >= 0.3 is 6.03 Å². The molecule has 0 aromatic heterocycles. The summed E-state index contributed by atoms with van der Waals surface area (Å²) in [5.74, 6) is 0.198. The summed E-state index contributed by atoms with van der Waals surface area (Å²) in [5, 5.41) is 8.81. The van der Waals surface area contributed by atoms with Crippen LogP contribution in [0.5, 0.6) is 5.75 Å². The maximum atomic E-state index is 12.1. The Labute approximate surface area is 173 Å². The summed E-state index contributed by atoms with van der Waals surface area (Å²) in [6, 6.07) is 22.9. The fourth-order valence-corrected chi connectivity index (χ4v) is 2.73. The Bertz CT molecular complexity index is 980. The molecule has 0 heterocycles. The first-order valence-electron chi connectivity index (χ1n) is 8.96. The van der Waals surface area contributed by atoms with Crippen LogP contribution in [-0.4, -0.2) is 18.5 Å². The van der Waals surface area contributed by atoms with E-state index in [4.69, 9.17) is 16.3 Å². The molecule has 0 unspecified atom stereocenters. The standard InChI is InChI=1S/C22H20ClN3O3/c23-20-12-5-4-7-16(20)14-24-22(28)26-18-10-6-11-19(13-18)29-15-21(27)25-17-8-2-1-3-9-17/h1-13H,14-15H2,(H,25,27)(H2,24,26,28). The molecule has 0 aliphatic rings. The number of anilines is 2. The molecule has 3 rings (SSSR count). The molecule has 0 spiro atoms. The maximum absolute atomic E-state index is 12.1. The van der Waals surface area contributed by atoms with Crippen LogP contribution in [0.1, 0.15) is 5.56 Å². The Morgan fingerprint density at radius 3 is 2.34 bits per heavy atom. The van der Waals surface area contributed by atoms with Gasteiger partial charge in [-0.1, -0.05) is 54.1 Å². The summed E-state index contributed by atoms with van der Waals surface area (Å²) < 4.78 is 5.51. The summed E-state index contributed by atoms with van der Waals surface area (Å²) in [7, 11) is 0. The van der Waals surface area contributed by atoms with E-state index in [9.17, 15) is 9.59 Å². The summed E-state index contributed by atoms with van der Waals surface area (Å²) in [6.45, 7) is 0.165. The van der Waals surface area contributed by atoms with Crippen LogP contribution >= 0.6 is 11.6 Å². The van der Waals surface area contributed by atoms with Crippen molar-refractivity contribution in [1.82, 2.24) is 5.32 Å². The van der Waals surface area contributed by atoms with Crippen LogP contribution in [-0.2, 0) is 11.3 Å². The lowest BCUT2D eigenvalue weighted by Crippen LogP contribution is -2.28. The van der Waals surface area contributed by atoms with E-state index in [2.05, 4.69) is 16.0 Å². The van der Waals surface area contributed by atoms with E-state index in [0.717, 1.165) is 5.56 Å². The Morgan fingerprint density at radius 2 is 1.55 bits per heavy atom. The quantitative estimate of drug-likeness (QED) is 0.530. The van der Waals surface area contributed by atoms with Gasteiger partial charge in [-0.25, -0.2) is 4.79 Å². The second-order valence-corrected chi connectivity index (χ2v) is 6.54. The third-order valence-electron chi connectivity index (χ3n) is 3.92. The van der Waals surface area contributed by atoms with Crippen molar-refractivity contribution in [1.29, 1.82) is 0 Å². The SMILES string of the molecule is O=C(COc1cccc(NC(=O)NCc2ccccc2Cl)c1)Nc1ccccc1. The minimum absolute atomic E-state index is 0.142. The van der Waals surface area contributed by atoms with E-state index in [0.29, 0.717) is 28.7 Å². The van der Waals surface area contributed by atoms with Gasteiger partial charge in [0, 0.05) is 29.0 Å². The van der Waals surface area contributed by atoms with Gasteiger partial charge in [-0.15, -0.1) is 0 Å². The second-order valence-electron chi connectivity index (χ2n) is 6.13. The molecule has 0 aliphatic carbocycles. The van der Waals surface area contributed by atoms with E-state index >= 15 is 0 Å². The molecule has 0 atom stereocenters. The highest BCUT2D eigenvalue weighted by Crippen LogP contribution is 2.18. The molecule has 0 fully saturated rings. The predicted molar refractivity (Wildman–Crippen MR) is 114 cm³/mol. The number of amides is 3. The Balaban J connectivity index is 1.48. The number of rotatable bonds is 7. The molecule has 3 aromatic rings. The van der Waals surface area contributed by atoms with Crippen LogP contribution in [0.3, 0.4) is 0 Å². The van der Waals surface area contributed by atoms with E-state index < -0.39 is 0 Å². The molecule has 0 bridgehead atoms. The lowest BCUT2D eigenvalue weighted by atomic mass is 10.2. The third kappa shape index (κ3) is 6.55. The number of ether oxygens (including phenoxy) is 1. The Morgan fingerprint density at radius 1 is 0.828 bits per heavy atom. The van der Waals surface area contributed by atoms with Gasteiger partial charge in [-0.05, 0) is 35.9 Å². The lowest BCUT2D eigenvalue weighted by Gasteiger charge is -2.11. The molecule has 3 aromatic carbocycles. The van der Waals surface area contributed by atoms with Gasteiger partial charge in [-0.3, -0.25) is 4.79 Å². The van der Waals surface area contributed by atoms with Gasteiger partial charge in [-0.2, -0.15) is 0 Å². The van der Waals surface area contributed by atoms with Gasteiger partial charge in [0.05, 0.1) is 0 Å². The van der Waals surface area contributed by atoms with Crippen LogP contribution in [0.25, 0.3) is 0 Å². The molecule has 148 valence electrons. The lowest BCUT2D eigenvalue weighted by molar-refractivity contribution is -0.118. The number of para-hydroxylation sites is 1. The average molecular weight is 410 g/mol. The summed E-state index contributed by atoms with van der Waals surface area (Å²) in [4.78, 5) is 24.1. The maximum Gasteiger partial charge on any atom is 0.319 e. The number of hydrogen-bond donors (Lipinski definition) is 3. The van der Waals surface area contributed by atoms with Crippen molar-refractivity contribution in [2.24, 2.45) is 0 Å². The van der Waals surface area contributed by atoms with Crippen LogP contribution < -0.4 is 20.7 Å². The summed E-state index contributed by atoms with van der Waals surface area (Å²) in [5.41, 5.74) is 2.07. The summed E-state index contributed by atoms with van der Waals surface area (Å²) >= 11 is 6.08. The molecule has 3 N–H and O–H groups in total. The highest BCUT2D eigenvalue weighted by Gasteiger charge is 2.07. The van der Waals surface area contributed by atoms with Gasteiger partial charge < -0.3 is 20.7 Å². The first-order valence-corrected chi connectivity index (χ1v) is 9.34. The van der Waals surface area contributed by atoms with E-state index in [1.165, 1.54) is 0 Å². The van der Waals surface area contributed by atoms with Crippen LogP contribution in [0.4, 0.5) is 16.2 Å². The van der Waals surface area contributed by atoms with Crippen LogP contribution in [0.15, 0.2) is 78.9 Å². The fraction of sp³-hybridized carbons (Fsp3) is 0.0909. The number of carbonyl (C=O) groups excluding carboxylic acids is 2. The summed E-state index contributed by atoms with van der Waals surface area (Å²) in [6.07, 6.45) is 0. The largest absolute Gasteiger partial charge is 0.484 e. The van der Waals surface area contributed by atoms with Crippen molar-refractivity contribution in [2.75, 3.05) is 17.2 Å². The molecule has 3 amide bonds. The molecule has 7 heteroatoms. The van der Waals surface area contributed by atoms with Crippen molar-refractivity contribution in [3.63, 3.8) is 0 Å². The van der Waals surface area contributed by atoms with E-state index in [1.54, 1.807) is 42.5 Å². The number of carbonyl (C=O) groups is 2. The van der Waals surface area contributed by atoms with Gasteiger partial charge in [0.25, 0.3) is 5.91 Å². The van der Waals surface area contributed by atoms with Crippen LogP contribution in [0, 0.1) is 0 Å². The zero-order chi connectivity index (χ0) is 20.5. The number of nitrogens with one attached hydrogen (secondary N) is 3. The number of benzene rings is 3. The third-order valence-corrected chi connectivity index (χ3v) is 4.29. The van der Waals surface area contributed by atoms with E-state index in [-0.39, 0.29) is 18.5 Å². The van der Waals surface area contributed by atoms with Crippen molar-refractivity contribution in [3.05, 3.63) is 89.4 Å². The molecule has 0 aliphatic heterocycles. The van der Waals surface area contributed by atoms with Crippen molar-refractivity contribution in [3.8, 4) is 5.75 Å².